The van der Waals surface area contributed by atoms with Gasteiger partial charge in [0.1, 0.15) is 11.4 Å². The van der Waals surface area contributed by atoms with Crippen LogP contribution in [0.15, 0.2) is 10.8 Å². The number of aromatic nitrogens is 1. The lowest BCUT2D eigenvalue weighted by Gasteiger charge is -2.14. The van der Waals surface area contributed by atoms with Gasteiger partial charge in [0.25, 0.3) is 0 Å². The number of hydrogen-bond donors (Lipinski definition) is 1. The van der Waals surface area contributed by atoms with E-state index < -0.39 is 33.4 Å². The summed E-state index contributed by atoms with van der Waals surface area (Å²) in [5.74, 6) is -2.25. The van der Waals surface area contributed by atoms with E-state index in [1.165, 1.54) is 0 Å². The molecule has 1 fully saturated rings. The lowest BCUT2D eigenvalue weighted by Crippen LogP contribution is -2.33. The number of sulfonamides is 1. The molecule has 0 saturated carbocycles. The Balaban J connectivity index is 2.00. The van der Waals surface area contributed by atoms with Gasteiger partial charge in [0.05, 0.1) is 6.10 Å². The van der Waals surface area contributed by atoms with Crippen molar-refractivity contribution in [1.29, 1.82) is 0 Å². The number of ether oxygens (including phenoxy) is 1. The van der Waals surface area contributed by atoms with E-state index in [-0.39, 0.29) is 18.6 Å². The molecule has 0 aliphatic carbocycles. The smallest absolute Gasteiger partial charge is 0.439 e. The first-order valence-corrected chi connectivity index (χ1v) is 7.93. The third-order valence-electron chi connectivity index (χ3n) is 3.32. The maximum Gasteiger partial charge on any atom is 0.451 e. The molecule has 10 heteroatoms. The Kier molecular flexibility index (Phi) is 4.59. The van der Waals surface area contributed by atoms with Crippen molar-refractivity contribution in [2.45, 2.75) is 31.4 Å². The van der Waals surface area contributed by atoms with Gasteiger partial charge in [-0.15, -0.1) is 0 Å². The van der Waals surface area contributed by atoms with Crippen LogP contribution in [0.2, 0.25) is 0 Å². The van der Waals surface area contributed by atoms with Crippen LogP contribution in [0, 0.1) is 5.92 Å². The van der Waals surface area contributed by atoms with E-state index in [0.29, 0.717) is 19.4 Å². The minimum absolute atomic E-state index is 0.0131. The molecule has 2 atom stereocenters. The molecular weight excluding hydrogens is 313 g/mol. The number of rotatable bonds is 5. The highest BCUT2D eigenvalue weighted by molar-refractivity contribution is 7.88. The second-order valence-electron chi connectivity index (χ2n) is 4.86. The lowest BCUT2D eigenvalue weighted by atomic mass is 10.0. The quantitative estimate of drug-likeness (QED) is 0.887. The summed E-state index contributed by atoms with van der Waals surface area (Å²) in [7, 11) is -3.93. The normalized spacial score (nSPS) is 23.6. The Labute approximate surface area is 119 Å². The molecule has 2 unspecified atom stereocenters. The van der Waals surface area contributed by atoms with Crippen molar-refractivity contribution in [3.63, 3.8) is 0 Å². The predicted molar refractivity (Wildman–Crippen MR) is 65.7 cm³/mol. The Morgan fingerprint density at radius 2 is 2.19 bits per heavy atom. The molecule has 0 spiro atoms. The summed E-state index contributed by atoms with van der Waals surface area (Å²) in [5, 5.41) is 0. The molecule has 120 valence electrons. The number of nitrogens with one attached hydrogen (secondary N) is 1. The molecule has 1 aliphatic heterocycles. The molecule has 1 N–H and O–H groups in total. The molecule has 21 heavy (non-hydrogen) atoms. The average Bonchev–Trinajstić information content (AvgIpc) is 2.94. The molecule has 1 aromatic rings. The second kappa shape index (κ2) is 5.93. The fraction of sp³-hybridized carbons (Fsp3) is 0.727. The van der Waals surface area contributed by atoms with Crippen LogP contribution in [0.4, 0.5) is 13.2 Å². The van der Waals surface area contributed by atoms with Crippen LogP contribution < -0.4 is 4.72 Å². The van der Waals surface area contributed by atoms with Crippen LogP contribution >= 0.6 is 0 Å². The molecule has 2 rings (SSSR count). The van der Waals surface area contributed by atoms with Crippen molar-refractivity contribution in [3.05, 3.63) is 17.8 Å². The van der Waals surface area contributed by atoms with Gasteiger partial charge in [0, 0.05) is 19.1 Å². The highest BCUT2D eigenvalue weighted by Gasteiger charge is 2.39. The van der Waals surface area contributed by atoms with Crippen LogP contribution in [0.25, 0.3) is 0 Å². The first-order valence-electron chi connectivity index (χ1n) is 6.27. The summed E-state index contributed by atoms with van der Waals surface area (Å²) >= 11 is 0. The molecule has 0 amide bonds. The van der Waals surface area contributed by atoms with Crippen LogP contribution in [0.5, 0.6) is 0 Å². The van der Waals surface area contributed by atoms with E-state index in [1.54, 1.807) is 0 Å². The van der Waals surface area contributed by atoms with Crippen molar-refractivity contribution < 1.29 is 30.7 Å². The molecule has 0 radical (unpaired) electrons. The minimum Gasteiger partial charge on any atom is -0.439 e. The van der Waals surface area contributed by atoms with E-state index in [4.69, 9.17) is 4.74 Å². The Bertz CT molecular complexity index is 585. The second-order valence-corrected chi connectivity index (χ2v) is 6.66. The zero-order valence-electron chi connectivity index (χ0n) is 11.2. The van der Waals surface area contributed by atoms with Crippen molar-refractivity contribution in [1.82, 2.24) is 9.71 Å². The molecule has 1 saturated heterocycles. The number of nitrogens with zero attached hydrogens (tertiary/aromatic N) is 1. The number of oxazole rings is 1. The van der Waals surface area contributed by atoms with Gasteiger partial charge in [-0.2, -0.15) is 13.2 Å². The predicted octanol–water partition coefficient (Wildman–Crippen LogP) is 1.54. The summed E-state index contributed by atoms with van der Waals surface area (Å²) in [5.41, 5.74) is -0.647. The zero-order chi connectivity index (χ0) is 15.7. The highest BCUT2D eigenvalue weighted by Crippen LogP contribution is 2.32. The maximum absolute atomic E-state index is 12.6. The Morgan fingerprint density at radius 1 is 1.48 bits per heavy atom. The van der Waals surface area contributed by atoms with Gasteiger partial charge in [-0.1, -0.05) is 0 Å². The van der Waals surface area contributed by atoms with Gasteiger partial charge in [-0.25, -0.2) is 18.1 Å². The topological polar surface area (TPSA) is 81.4 Å². The van der Waals surface area contributed by atoms with Gasteiger partial charge < -0.3 is 9.15 Å². The van der Waals surface area contributed by atoms with E-state index in [2.05, 4.69) is 14.1 Å². The Morgan fingerprint density at radius 3 is 2.76 bits per heavy atom. The van der Waals surface area contributed by atoms with E-state index >= 15 is 0 Å². The monoisotopic (exact) mass is 328 g/mol. The fourth-order valence-corrected chi connectivity index (χ4v) is 3.25. The molecule has 0 aromatic carbocycles. The fourth-order valence-electron chi connectivity index (χ4n) is 2.11. The van der Waals surface area contributed by atoms with Crippen molar-refractivity contribution in [2.75, 3.05) is 13.2 Å². The van der Waals surface area contributed by atoms with Gasteiger partial charge in [-0.05, 0) is 13.3 Å². The van der Waals surface area contributed by atoms with Crippen LogP contribution in [0.1, 0.15) is 24.8 Å². The van der Waals surface area contributed by atoms with Crippen molar-refractivity contribution in [3.8, 4) is 0 Å². The number of halogens is 3. The summed E-state index contributed by atoms with van der Waals surface area (Å²) in [6.07, 6.45) is -3.55. The molecule has 1 aliphatic rings. The van der Waals surface area contributed by atoms with Gasteiger partial charge in [0.2, 0.25) is 15.8 Å². The summed E-state index contributed by atoms with van der Waals surface area (Å²) in [4.78, 5) is 3.33. The summed E-state index contributed by atoms with van der Waals surface area (Å²) < 4.78 is 73.2. The largest absolute Gasteiger partial charge is 0.451 e. The molecule has 1 aromatic heterocycles. The average molecular weight is 328 g/mol. The summed E-state index contributed by atoms with van der Waals surface area (Å²) in [6.45, 7) is 2.50. The van der Waals surface area contributed by atoms with Crippen molar-refractivity contribution in [2.24, 2.45) is 5.92 Å². The molecule has 2 heterocycles. The number of hydrogen-bond acceptors (Lipinski definition) is 5. The first-order chi connectivity index (χ1) is 9.69. The maximum atomic E-state index is 12.6. The first kappa shape index (κ1) is 16.2. The molecule has 0 bridgehead atoms. The zero-order valence-corrected chi connectivity index (χ0v) is 12.0. The number of alkyl halides is 3. The third-order valence-corrected chi connectivity index (χ3v) is 4.58. The highest BCUT2D eigenvalue weighted by atomic mass is 32.2. The SMILES string of the molecule is CC1OCCC1CNS(=O)(=O)Cc1ncoc1C(F)(F)F. The van der Waals surface area contributed by atoms with Crippen LogP contribution in [-0.4, -0.2) is 32.7 Å². The van der Waals surface area contributed by atoms with Crippen LogP contribution in [-0.2, 0) is 26.7 Å². The lowest BCUT2D eigenvalue weighted by molar-refractivity contribution is -0.153. The Hall–Kier alpha value is -1.13. The third kappa shape index (κ3) is 4.17. The van der Waals surface area contributed by atoms with E-state index in [9.17, 15) is 21.6 Å². The molecule has 6 nitrogen and oxygen atoms in total. The van der Waals surface area contributed by atoms with Gasteiger partial charge >= 0.3 is 6.18 Å². The summed E-state index contributed by atoms with van der Waals surface area (Å²) in [6, 6.07) is 0. The van der Waals surface area contributed by atoms with Crippen LogP contribution in [0.3, 0.4) is 0 Å². The van der Waals surface area contributed by atoms with Gasteiger partial charge in [-0.3, -0.25) is 0 Å². The standard InChI is InChI=1S/C11H15F3N2O4S/c1-7-8(2-3-19-7)4-16-21(17,18)5-9-10(11(12,13)14)20-6-15-9/h6-8,16H,2-5H2,1H3. The van der Waals surface area contributed by atoms with E-state index in [1.807, 2.05) is 6.92 Å². The van der Waals surface area contributed by atoms with Crippen molar-refractivity contribution >= 4 is 10.0 Å². The minimum atomic E-state index is -4.77. The van der Waals surface area contributed by atoms with Gasteiger partial charge in [0.15, 0.2) is 6.39 Å². The van der Waals surface area contributed by atoms with E-state index in [0.717, 1.165) is 0 Å². The molecular formula is C11H15F3N2O4S.